The minimum Gasteiger partial charge on any atom is -0.493 e. The molecule has 1 saturated heterocycles. The summed E-state index contributed by atoms with van der Waals surface area (Å²) in [6, 6.07) is 14.5. The first-order valence-electron chi connectivity index (χ1n) is 8.11. The van der Waals surface area contributed by atoms with Gasteiger partial charge >= 0.3 is 0 Å². The van der Waals surface area contributed by atoms with Gasteiger partial charge in [0.15, 0.2) is 11.5 Å². The van der Waals surface area contributed by atoms with Gasteiger partial charge in [-0.3, -0.25) is 0 Å². The molecule has 2 aromatic rings. The lowest BCUT2D eigenvalue weighted by Gasteiger charge is -2.17. The summed E-state index contributed by atoms with van der Waals surface area (Å²) in [5.41, 5.74) is 2.27. The van der Waals surface area contributed by atoms with Crippen LogP contribution in [0, 0.1) is 0 Å². The van der Waals surface area contributed by atoms with Crippen LogP contribution in [0.2, 0.25) is 0 Å². The van der Waals surface area contributed by atoms with Crippen molar-refractivity contribution >= 4 is 15.9 Å². The van der Waals surface area contributed by atoms with Crippen molar-refractivity contribution in [3.63, 3.8) is 0 Å². The maximum absolute atomic E-state index is 6.03. The molecule has 0 aromatic heterocycles. The number of halogens is 1. The van der Waals surface area contributed by atoms with Crippen LogP contribution in [0.3, 0.4) is 0 Å². The fraction of sp³-hybridized carbons (Fsp3) is 0.368. The number of hydrogen-bond donors (Lipinski definition) is 1. The van der Waals surface area contributed by atoms with Crippen molar-refractivity contribution in [3.8, 4) is 11.5 Å². The monoisotopic (exact) mass is 391 g/mol. The van der Waals surface area contributed by atoms with Crippen LogP contribution < -0.4 is 14.8 Å². The Morgan fingerprint density at radius 1 is 1.21 bits per heavy atom. The molecular formula is C19H22BrNO3. The summed E-state index contributed by atoms with van der Waals surface area (Å²) in [7, 11) is 1.66. The van der Waals surface area contributed by atoms with Crippen LogP contribution in [-0.2, 0) is 17.9 Å². The first-order valence-corrected chi connectivity index (χ1v) is 8.90. The highest BCUT2D eigenvalue weighted by Crippen LogP contribution is 2.38. The predicted molar refractivity (Wildman–Crippen MR) is 97.5 cm³/mol. The molecule has 1 atom stereocenters. The standard InChI is InChI=1S/C19H22BrNO3/c1-22-17-8-7-15(11-21-16-9-10-23-13-16)18(20)19(17)24-12-14-5-3-2-4-6-14/h2-8,16,21H,9-13H2,1H3. The molecule has 128 valence electrons. The van der Waals surface area contributed by atoms with E-state index in [-0.39, 0.29) is 0 Å². The van der Waals surface area contributed by atoms with E-state index in [1.54, 1.807) is 7.11 Å². The van der Waals surface area contributed by atoms with E-state index in [1.807, 2.05) is 36.4 Å². The second-order valence-electron chi connectivity index (χ2n) is 5.79. The van der Waals surface area contributed by atoms with Gasteiger partial charge < -0.3 is 19.5 Å². The van der Waals surface area contributed by atoms with E-state index in [0.717, 1.165) is 53.3 Å². The Morgan fingerprint density at radius 3 is 2.75 bits per heavy atom. The Balaban J connectivity index is 1.71. The van der Waals surface area contributed by atoms with Crippen LogP contribution in [0.1, 0.15) is 17.5 Å². The summed E-state index contributed by atoms with van der Waals surface area (Å²) in [6.07, 6.45) is 1.06. The highest BCUT2D eigenvalue weighted by molar-refractivity contribution is 9.10. The summed E-state index contributed by atoms with van der Waals surface area (Å²) < 4.78 is 17.8. The van der Waals surface area contributed by atoms with E-state index in [4.69, 9.17) is 14.2 Å². The van der Waals surface area contributed by atoms with E-state index in [1.165, 1.54) is 0 Å². The molecule has 4 nitrogen and oxygen atoms in total. The van der Waals surface area contributed by atoms with Gasteiger partial charge in [0.25, 0.3) is 0 Å². The molecule has 5 heteroatoms. The lowest BCUT2D eigenvalue weighted by Crippen LogP contribution is -2.28. The lowest BCUT2D eigenvalue weighted by atomic mass is 10.1. The smallest absolute Gasteiger partial charge is 0.176 e. The molecule has 24 heavy (non-hydrogen) atoms. The minimum absolute atomic E-state index is 0.424. The molecule has 3 rings (SSSR count). The molecule has 1 aliphatic rings. The summed E-state index contributed by atoms with van der Waals surface area (Å²) in [5, 5.41) is 3.53. The number of benzene rings is 2. The highest BCUT2D eigenvalue weighted by Gasteiger charge is 2.17. The van der Waals surface area contributed by atoms with Gasteiger partial charge in [-0.15, -0.1) is 0 Å². The number of nitrogens with one attached hydrogen (secondary N) is 1. The third kappa shape index (κ3) is 4.29. The summed E-state index contributed by atoms with van der Waals surface area (Å²) >= 11 is 3.68. The molecule has 1 N–H and O–H groups in total. The van der Waals surface area contributed by atoms with Gasteiger partial charge in [-0.2, -0.15) is 0 Å². The van der Waals surface area contributed by atoms with Crippen molar-refractivity contribution in [2.75, 3.05) is 20.3 Å². The summed E-state index contributed by atoms with van der Waals surface area (Å²) in [5.74, 6) is 1.47. The second-order valence-corrected chi connectivity index (χ2v) is 6.58. The highest BCUT2D eigenvalue weighted by atomic mass is 79.9. The van der Waals surface area contributed by atoms with Crippen molar-refractivity contribution in [2.24, 2.45) is 0 Å². The van der Waals surface area contributed by atoms with Crippen LogP contribution in [0.15, 0.2) is 46.9 Å². The summed E-state index contributed by atoms with van der Waals surface area (Å²) in [4.78, 5) is 0. The maximum Gasteiger partial charge on any atom is 0.176 e. The number of rotatable bonds is 7. The molecule has 1 unspecified atom stereocenters. The van der Waals surface area contributed by atoms with E-state index >= 15 is 0 Å². The Labute approximate surface area is 151 Å². The zero-order valence-corrected chi connectivity index (χ0v) is 15.3. The fourth-order valence-electron chi connectivity index (χ4n) is 2.69. The molecule has 0 radical (unpaired) electrons. The zero-order valence-electron chi connectivity index (χ0n) is 13.8. The van der Waals surface area contributed by atoms with E-state index in [0.29, 0.717) is 12.6 Å². The molecule has 1 aliphatic heterocycles. The zero-order chi connectivity index (χ0) is 16.8. The van der Waals surface area contributed by atoms with E-state index < -0.39 is 0 Å². The molecule has 0 bridgehead atoms. The molecule has 1 fully saturated rings. The quantitative estimate of drug-likeness (QED) is 0.776. The van der Waals surface area contributed by atoms with Gasteiger partial charge in [0, 0.05) is 19.2 Å². The van der Waals surface area contributed by atoms with Gasteiger partial charge in [0.2, 0.25) is 0 Å². The molecule has 1 heterocycles. The van der Waals surface area contributed by atoms with Crippen molar-refractivity contribution in [3.05, 3.63) is 58.1 Å². The third-order valence-corrected chi connectivity index (χ3v) is 4.97. The largest absolute Gasteiger partial charge is 0.493 e. The topological polar surface area (TPSA) is 39.7 Å². The number of hydrogen-bond acceptors (Lipinski definition) is 4. The first-order chi connectivity index (χ1) is 11.8. The third-order valence-electron chi connectivity index (χ3n) is 4.10. The van der Waals surface area contributed by atoms with Crippen molar-refractivity contribution < 1.29 is 14.2 Å². The van der Waals surface area contributed by atoms with Gasteiger partial charge in [-0.1, -0.05) is 36.4 Å². The molecule has 2 aromatic carbocycles. The van der Waals surface area contributed by atoms with Crippen molar-refractivity contribution in [1.82, 2.24) is 5.32 Å². The van der Waals surface area contributed by atoms with Gasteiger partial charge in [-0.05, 0) is 39.5 Å². The first kappa shape index (κ1) is 17.3. The Hall–Kier alpha value is -1.56. The normalized spacial score (nSPS) is 17.0. The molecular weight excluding hydrogens is 370 g/mol. The van der Waals surface area contributed by atoms with Gasteiger partial charge in [0.05, 0.1) is 18.2 Å². The number of ether oxygens (including phenoxy) is 3. The fourth-order valence-corrected chi connectivity index (χ4v) is 3.27. The van der Waals surface area contributed by atoms with Crippen molar-refractivity contribution in [1.29, 1.82) is 0 Å². The van der Waals surface area contributed by atoms with E-state index in [2.05, 4.69) is 27.3 Å². The van der Waals surface area contributed by atoms with Crippen LogP contribution in [0.25, 0.3) is 0 Å². The maximum atomic E-state index is 6.03. The molecule has 0 aliphatic carbocycles. The molecule has 0 saturated carbocycles. The Kier molecular flexibility index (Phi) is 6.12. The van der Waals surface area contributed by atoms with Crippen LogP contribution in [-0.4, -0.2) is 26.4 Å². The number of methoxy groups -OCH3 is 1. The van der Waals surface area contributed by atoms with Crippen LogP contribution in [0.4, 0.5) is 0 Å². The second kappa shape index (κ2) is 8.51. The summed E-state index contributed by atoms with van der Waals surface area (Å²) in [6.45, 7) is 2.89. The van der Waals surface area contributed by atoms with Gasteiger partial charge in [-0.25, -0.2) is 0 Å². The molecule has 0 amide bonds. The lowest BCUT2D eigenvalue weighted by molar-refractivity contribution is 0.190. The van der Waals surface area contributed by atoms with E-state index in [9.17, 15) is 0 Å². The Bertz CT molecular complexity index is 657. The van der Waals surface area contributed by atoms with Crippen molar-refractivity contribution in [2.45, 2.75) is 25.6 Å². The van der Waals surface area contributed by atoms with Crippen LogP contribution in [0.5, 0.6) is 11.5 Å². The average Bonchev–Trinajstić information content (AvgIpc) is 3.14. The minimum atomic E-state index is 0.424. The Morgan fingerprint density at radius 2 is 2.04 bits per heavy atom. The predicted octanol–water partition coefficient (Wildman–Crippen LogP) is 3.92. The average molecular weight is 392 g/mol. The van der Waals surface area contributed by atoms with Gasteiger partial charge in [0.1, 0.15) is 6.61 Å². The SMILES string of the molecule is COc1ccc(CNC2CCOC2)c(Br)c1OCc1ccccc1. The van der Waals surface area contributed by atoms with Crippen LogP contribution >= 0.6 is 15.9 Å². The molecule has 0 spiro atoms.